The van der Waals surface area contributed by atoms with E-state index in [1.807, 2.05) is 30.3 Å². The van der Waals surface area contributed by atoms with Crippen LogP contribution in [0, 0.1) is 0 Å². The highest BCUT2D eigenvalue weighted by Crippen LogP contribution is 2.38. The van der Waals surface area contributed by atoms with Gasteiger partial charge < -0.3 is 24.9 Å². The van der Waals surface area contributed by atoms with Gasteiger partial charge in [-0.25, -0.2) is 4.98 Å². The minimum atomic E-state index is 0.0807. The van der Waals surface area contributed by atoms with Crippen LogP contribution in [-0.2, 0) is 20.1 Å². The summed E-state index contributed by atoms with van der Waals surface area (Å²) in [5.41, 5.74) is 7.93. The van der Waals surface area contributed by atoms with Gasteiger partial charge in [-0.05, 0) is 34.9 Å². The van der Waals surface area contributed by atoms with Gasteiger partial charge in [-0.2, -0.15) is 10.1 Å². The third kappa shape index (κ3) is 3.48. The van der Waals surface area contributed by atoms with Crippen LogP contribution in [-0.4, -0.2) is 44.1 Å². The van der Waals surface area contributed by atoms with Gasteiger partial charge in [-0.3, -0.25) is 4.68 Å². The summed E-state index contributed by atoms with van der Waals surface area (Å²) >= 11 is 0. The monoisotopic (exact) mass is 468 g/mol. The standard InChI is InChI=1S/C26H24N6O3/c1-32-23(25-28-19-10-16-12-27-13-17(16)11-20(19)29-25)24(33)22(31-32)15-6-4-14(5-7-15)18-8-9-21(34-2)30-26(18)35-3/h4-11,27,33H,12-13H2,1-3H3,(H,28,29). The average Bonchev–Trinajstić information content (AvgIpc) is 3.58. The number of ether oxygens (including phenoxy) is 2. The largest absolute Gasteiger partial charge is 0.504 e. The van der Waals surface area contributed by atoms with Crippen molar-refractivity contribution in [1.82, 2.24) is 30.0 Å². The summed E-state index contributed by atoms with van der Waals surface area (Å²) in [5.74, 6) is 1.63. The topological polar surface area (TPSA) is 110 Å². The highest BCUT2D eigenvalue weighted by molar-refractivity contribution is 5.84. The van der Waals surface area contributed by atoms with Gasteiger partial charge in [0, 0.05) is 37.3 Å². The summed E-state index contributed by atoms with van der Waals surface area (Å²) in [7, 11) is 4.95. The molecule has 0 unspecified atom stereocenters. The molecular formula is C26H24N6O3. The van der Waals surface area contributed by atoms with Crippen molar-refractivity contribution in [1.29, 1.82) is 0 Å². The number of imidazole rings is 1. The smallest absolute Gasteiger partial charge is 0.224 e. The third-order valence-electron chi connectivity index (χ3n) is 6.39. The number of rotatable bonds is 5. The first-order valence-corrected chi connectivity index (χ1v) is 11.2. The maximum Gasteiger partial charge on any atom is 0.224 e. The molecule has 0 saturated heterocycles. The van der Waals surface area contributed by atoms with Gasteiger partial charge in [0.25, 0.3) is 0 Å². The van der Waals surface area contributed by atoms with Crippen molar-refractivity contribution in [3.8, 4) is 51.4 Å². The van der Waals surface area contributed by atoms with E-state index in [-0.39, 0.29) is 5.75 Å². The summed E-state index contributed by atoms with van der Waals surface area (Å²) in [5, 5.41) is 19.1. The van der Waals surface area contributed by atoms with Crippen molar-refractivity contribution >= 4 is 11.0 Å². The molecule has 0 spiro atoms. The molecular weight excluding hydrogens is 444 g/mol. The summed E-state index contributed by atoms with van der Waals surface area (Å²) in [6.45, 7) is 1.71. The lowest BCUT2D eigenvalue weighted by Gasteiger charge is -2.09. The van der Waals surface area contributed by atoms with Crippen LogP contribution in [0.25, 0.3) is 44.9 Å². The number of benzene rings is 2. The van der Waals surface area contributed by atoms with E-state index in [1.165, 1.54) is 11.1 Å². The molecule has 0 aliphatic carbocycles. The molecule has 0 radical (unpaired) electrons. The number of aromatic nitrogens is 5. The SMILES string of the molecule is COc1ccc(-c2ccc(-c3nn(C)c(-c4nc5cc6c(cc5[nH]4)CNC6)c3O)cc2)c(OC)n1. The normalized spacial score (nSPS) is 12.8. The molecule has 4 heterocycles. The number of fused-ring (bicyclic) bond motifs is 2. The summed E-state index contributed by atoms with van der Waals surface area (Å²) in [6.07, 6.45) is 0. The minimum absolute atomic E-state index is 0.0807. The van der Waals surface area contributed by atoms with Crippen LogP contribution < -0.4 is 14.8 Å². The van der Waals surface area contributed by atoms with Gasteiger partial charge in [0.05, 0.1) is 25.3 Å². The Labute approximate surface area is 201 Å². The molecule has 176 valence electrons. The van der Waals surface area contributed by atoms with Crippen molar-refractivity contribution in [2.24, 2.45) is 7.05 Å². The maximum atomic E-state index is 11.1. The fourth-order valence-electron chi connectivity index (χ4n) is 4.61. The Balaban J connectivity index is 1.36. The molecule has 9 heteroatoms. The fourth-order valence-corrected chi connectivity index (χ4v) is 4.61. The van der Waals surface area contributed by atoms with Crippen molar-refractivity contribution < 1.29 is 14.6 Å². The molecule has 0 amide bonds. The number of methoxy groups -OCH3 is 2. The predicted molar refractivity (Wildman–Crippen MR) is 132 cm³/mol. The number of hydrogen-bond donors (Lipinski definition) is 3. The van der Waals surface area contributed by atoms with E-state index in [4.69, 9.17) is 14.5 Å². The van der Waals surface area contributed by atoms with Crippen LogP contribution in [0.5, 0.6) is 17.5 Å². The van der Waals surface area contributed by atoms with E-state index >= 15 is 0 Å². The maximum absolute atomic E-state index is 11.1. The first-order valence-electron chi connectivity index (χ1n) is 11.2. The molecule has 0 bridgehead atoms. The van der Waals surface area contributed by atoms with Gasteiger partial charge in [0.1, 0.15) is 11.4 Å². The highest BCUT2D eigenvalue weighted by atomic mass is 16.5. The van der Waals surface area contributed by atoms with E-state index in [0.29, 0.717) is 29.0 Å². The van der Waals surface area contributed by atoms with Crippen molar-refractivity contribution in [3.05, 3.63) is 59.7 Å². The number of aryl methyl sites for hydroxylation is 1. The lowest BCUT2D eigenvalue weighted by molar-refractivity contribution is 0.366. The number of hydrogen-bond acceptors (Lipinski definition) is 7. The number of pyridine rings is 1. The van der Waals surface area contributed by atoms with Gasteiger partial charge in [0.2, 0.25) is 11.8 Å². The van der Waals surface area contributed by atoms with Crippen molar-refractivity contribution in [2.45, 2.75) is 13.1 Å². The number of nitrogens with zero attached hydrogens (tertiary/aromatic N) is 4. The molecule has 1 aliphatic heterocycles. The van der Waals surface area contributed by atoms with Crippen LogP contribution in [0.2, 0.25) is 0 Å². The first-order chi connectivity index (χ1) is 17.1. The molecule has 2 aromatic carbocycles. The first kappa shape index (κ1) is 21.2. The van der Waals surface area contributed by atoms with E-state index in [2.05, 4.69) is 32.5 Å². The Morgan fingerprint density at radius 1 is 0.914 bits per heavy atom. The molecule has 0 saturated carbocycles. The minimum Gasteiger partial charge on any atom is -0.504 e. The Morgan fingerprint density at radius 3 is 2.40 bits per heavy atom. The summed E-state index contributed by atoms with van der Waals surface area (Å²) < 4.78 is 12.3. The van der Waals surface area contributed by atoms with E-state index in [0.717, 1.165) is 40.8 Å². The number of nitrogens with one attached hydrogen (secondary N) is 2. The Kier molecular flexibility index (Phi) is 4.93. The number of aromatic amines is 1. The number of H-pyrrole nitrogens is 1. The van der Waals surface area contributed by atoms with Crippen molar-refractivity contribution in [2.75, 3.05) is 14.2 Å². The summed E-state index contributed by atoms with van der Waals surface area (Å²) in [4.78, 5) is 12.4. The molecule has 9 nitrogen and oxygen atoms in total. The summed E-state index contributed by atoms with van der Waals surface area (Å²) in [6, 6.07) is 15.7. The lowest BCUT2D eigenvalue weighted by atomic mass is 10.0. The van der Waals surface area contributed by atoms with Crippen LogP contribution in [0.3, 0.4) is 0 Å². The highest BCUT2D eigenvalue weighted by Gasteiger charge is 2.22. The molecule has 3 aromatic heterocycles. The second-order valence-corrected chi connectivity index (χ2v) is 8.48. The van der Waals surface area contributed by atoms with Gasteiger partial charge in [-0.15, -0.1) is 0 Å². The lowest BCUT2D eigenvalue weighted by Crippen LogP contribution is -1.99. The molecule has 1 aliphatic rings. The van der Waals surface area contributed by atoms with E-state index < -0.39 is 0 Å². The van der Waals surface area contributed by atoms with Crippen LogP contribution >= 0.6 is 0 Å². The quantitative estimate of drug-likeness (QED) is 0.357. The number of aromatic hydroxyl groups is 1. The zero-order valence-electron chi connectivity index (χ0n) is 19.6. The molecule has 3 N–H and O–H groups in total. The predicted octanol–water partition coefficient (Wildman–Crippen LogP) is 4.02. The fraction of sp³-hybridized carbons (Fsp3) is 0.192. The third-order valence-corrected chi connectivity index (χ3v) is 6.39. The van der Waals surface area contributed by atoms with Gasteiger partial charge in [0.15, 0.2) is 11.6 Å². The van der Waals surface area contributed by atoms with Gasteiger partial charge in [-0.1, -0.05) is 24.3 Å². The second-order valence-electron chi connectivity index (χ2n) is 8.48. The second kappa shape index (κ2) is 8.14. The Morgan fingerprint density at radius 2 is 1.66 bits per heavy atom. The van der Waals surface area contributed by atoms with Crippen LogP contribution in [0.15, 0.2) is 48.5 Å². The van der Waals surface area contributed by atoms with E-state index in [1.54, 1.807) is 32.0 Å². The molecule has 6 rings (SSSR count). The molecule has 0 atom stereocenters. The molecule has 0 fully saturated rings. The van der Waals surface area contributed by atoms with Crippen molar-refractivity contribution in [3.63, 3.8) is 0 Å². The van der Waals surface area contributed by atoms with Crippen LogP contribution in [0.4, 0.5) is 0 Å². The Hall–Kier alpha value is -4.37. The zero-order chi connectivity index (χ0) is 24.1. The van der Waals surface area contributed by atoms with Gasteiger partial charge >= 0.3 is 0 Å². The van der Waals surface area contributed by atoms with E-state index in [9.17, 15) is 5.11 Å². The average molecular weight is 469 g/mol. The molecule has 5 aromatic rings. The Bertz CT molecular complexity index is 1530. The van der Waals surface area contributed by atoms with Crippen LogP contribution in [0.1, 0.15) is 11.1 Å². The molecule has 35 heavy (non-hydrogen) atoms. The zero-order valence-corrected chi connectivity index (χ0v) is 19.6.